The van der Waals surface area contributed by atoms with Gasteiger partial charge in [-0.1, -0.05) is 41.9 Å². The number of hydrogen-bond acceptors (Lipinski definition) is 3. The predicted molar refractivity (Wildman–Crippen MR) is 109 cm³/mol. The highest BCUT2D eigenvalue weighted by molar-refractivity contribution is 7.80. The molecule has 0 saturated heterocycles. The summed E-state index contributed by atoms with van der Waals surface area (Å²) in [7, 11) is 3.35. The molecular formula is C19H20ClN3O2S. The van der Waals surface area contributed by atoms with Gasteiger partial charge in [0.05, 0.1) is 11.3 Å². The molecule has 2 rings (SSSR count). The first-order valence-corrected chi connectivity index (χ1v) is 8.82. The van der Waals surface area contributed by atoms with Crippen LogP contribution in [0.25, 0.3) is 0 Å². The maximum Gasteiger partial charge on any atom is 0.255 e. The van der Waals surface area contributed by atoms with Gasteiger partial charge in [0, 0.05) is 25.5 Å². The first-order chi connectivity index (χ1) is 12.4. The Balaban J connectivity index is 1.94. The van der Waals surface area contributed by atoms with Crippen LogP contribution >= 0.6 is 23.8 Å². The second-order valence-corrected chi connectivity index (χ2v) is 6.65. The minimum absolute atomic E-state index is 0.146. The molecule has 0 spiro atoms. The molecule has 0 aliphatic heterocycles. The van der Waals surface area contributed by atoms with E-state index in [0.29, 0.717) is 22.7 Å². The molecule has 0 aliphatic rings. The fraction of sp³-hybridized carbons (Fsp3) is 0.211. The van der Waals surface area contributed by atoms with E-state index in [4.69, 9.17) is 23.8 Å². The number of anilines is 1. The minimum atomic E-state index is -0.223. The van der Waals surface area contributed by atoms with E-state index in [2.05, 4.69) is 10.6 Å². The van der Waals surface area contributed by atoms with Crippen LogP contribution in [0.15, 0.2) is 48.5 Å². The number of hydrogen-bond donors (Lipinski definition) is 2. The molecule has 0 aromatic heterocycles. The van der Waals surface area contributed by atoms with Gasteiger partial charge in [0.15, 0.2) is 5.11 Å². The van der Waals surface area contributed by atoms with Gasteiger partial charge >= 0.3 is 0 Å². The maximum atomic E-state index is 12.2. The van der Waals surface area contributed by atoms with E-state index in [1.807, 2.05) is 18.2 Å². The van der Waals surface area contributed by atoms with E-state index in [9.17, 15) is 9.59 Å². The number of aryl methyl sites for hydroxylation is 1. The van der Waals surface area contributed by atoms with Gasteiger partial charge < -0.3 is 15.5 Å². The summed E-state index contributed by atoms with van der Waals surface area (Å²) in [5.41, 5.74) is 1.93. The van der Waals surface area contributed by atoms with Crippen molar-refractivity contribution in [2.75, 3.05) is 19.4 Å². The topological polar surface area (TPSA) is 61.4 Å². The Morgan fingerprint density at radius 1 is 1.08 bits per heavy atom. The number of nitrogens with zero attached hydrogens (tertiary/aromatic N) is 1. The van der Waals surface area contributed by atoms with Gasteiger partial charge in [-0.25, -0.2) is 0 Å². The number of rotatable bonds is 5. The lowest BCUT2D eigenvalue weighted by Gasteiger charge is -2.16. The van der Waals surface area contributed by atoms with Crippen molar-refractivity contribution in [3.05, 3.63) is 64.7 Å². The largest absolute Gasteiger partial charge is 0.345 e. The zero-order valence-electron chi connectivity index (χ0n) is 14.6. The fourth-order valence-corrected chi connectivity index (χ4v) is 2.77. The van der Waals surface area contributed by atoms with Crippen LogP contribution in [0.2, 0.25) is 5.02 Å². The van der Waals surface area contributed by atoms with E-state index in [-0.39, 0.29) is 23.3 Å². The highest BCUT2D eigenvalue weighted by Crippen LogP contribution is 2.17. The number of halogens is 1. The normalized spacial score (nSPS) is 10.1. The molecule has 0 saturated carbocycles. The van der Waals surface area contributed by atoms with Gasteiger partial charge in [-0.2, -0.15) is 0 Å². The van der Waals surface area contributed by atoms with Crippen LogP contribution < -0.4 is 10.6 Å². The van der Waals surface area contributed by atoms with Crippen LogP contribution in [0.3, 0.4) is 0 Å². The summed E-state index contributed by atoms with van der Waals surface area (Å²) in [4.78, 5) is 25.8. The monoisotopic (exact) mass is 389 g/mol. The number of para-hydroxylation sites is 1. The second kappa shape index (κ2) is 9.31. The maximum absolute atomic E-state index is 12.2. The van der Waals surface area contributed by atoms with Crippen LogP contribution in [0.1, 0.15) is 22.3 Å². The van der Waals surface area contributed by atoms with Crippen LogP contribution in [0.5, 0.6) is 0 Å². The molecule has 0 bridgehead atoms. The van der Waals surface area contributed by atoms with Crippen LogP contribution in [-0.2, 0) is 11.2 Å². The van der Waals surface area contributed by atoms with Crippen molar-refractivity contribution in [3.8, 4) is 0 Å². The Kier molecular flexibility index (Phi) is 7.12. The van der Waals surface area contributed by atoms with E-state index in [1.54, 1.807) is 44.4 Å². The van der Waals surface area contributed by atoms with Crippen LogP contribution in [0, 0.1) is 0 Å². The number of thiocarbonyl (C=S) groups is 1. The van der Waals surface area contributed by atoms with Gasteiger partial charge in [0.2, 0.25) is 5.91 Å². The zero-order valence-corrected chi connectivity index (χ0v) is 16.2. The second-order valence-electron chi connectivity index (χ2n) is 5.84. The third kappa shape index (κ3) is 5.54. The third-order valence-electron chi connectivity index (χ3n) is 3.64. The van der Waals surface area contributed by atoms with Crippen molar-refractivity contribution in [3.63, 3.8) is 0 Å². The van der Waals surface area contributed by atoms with Crippen molar-refractivity contribution >= 4 is 46.4 Å². The number of nitrogens with one attached hydrogen (secondary N) is 2. The molecule has 0 radical (unpaired) electrons. The lowest BCUT2D eigenvalue weighted by Crippen LogP contribution is -2.35. The van der Waals surface area contributed by atoms with E-state index >= 15 is 0 Å². The van der Waals surface area contributed by atoms with Crippen LogP contribution in [-0.4, -0.2) is 35.9 Å². The molecule has 0 atom stereocenters. The molecule has 2 aromatic carbocycles. The van der Waals surface area contributed by atoms with Gasteiger partial charge in [-0.15, -0.1) is 0 Å². The molecule has 26 heavy (non-hydrogen) atoms. The molecule has 0 heterocycles. The quantitative estimate of drug-likeness (QED) is 0.768. The lowest BCUT2D eigenvalue weighted by molar-refractivity contribution is -0.119. The Labute approximate surface area is 163 Å². The molecule has 136 valence electrons. The predicted octanol–water partition coefficient (Wildman–Crippen LogP) is 3.49. The lowest BCUT2D eigenvalue weighted by atomic mass is 10.1. The Morgan fingerprint density at radius 2 is 1.73 bits per heavy atom. The highest BCUT2D eigenvalue weighted by atomic mass is 35.5. The molecule has 2 amide bonds. The summed E-state index contributed by atoms with van der Waals surface area (Å²) in [6, 6.07) is 14.4. The smallest absolute Gasteiger partial charge is 0.255 e. The van der Waals surface area contributed by atoms with Gasteiger partial charge in [0.1, 0.15) is 0 Å². The first-order valence-electron chi connectivity index (χ1n) is 8.03. The van der Waals surface area contributed by atoms with Crippen molar-refractivity contribution < 1.29 is 9.59 Å². The van der Waals surface area contributed by atoms with E-state index in [0.717, 1.165) is 5.56 Å². The standard InChI is InChI=1S/C19H20ClN3O2S/c1-23(2)18(25)14-8-4-6-10-16(14)21-19(26)22-17(24)12-11-13-7-3-5-9-15(13)20/h3-10H,11-12H2,1-2H3,(H2,21,22,24,26). The SMILES string of the molecule is CN(C)C(=O)c1ccccc1NC(=S)NC(=O)CCc1ccccc1Cl. The summed E-state index contributed by atoms with van der Waals surface area (Å²) in [5.74, 6) is -0.375. The van der Waals surface area contributed by atoms with Gasteiger partial charge in [-0.3, -0.25) is 9.59 Å². The minimum Gasteiger partial charge on any atom is -0.345 e. The average molecular weight is 390 g/mol. The number of carbonyl (C=O) groups excluding carboxylic acids is 2. The van der Waals surface area contributed by atoms with E-state index in [1.165, 1.54) is 4.90 Å². The molecule has 0 fully saturated rings. The summed E-state index contributed by atoms with van der Waals surface area (Å²) in [6.45, 7) is 0. The van der Waals surface area contributed by atoms with Gasteiger partial charge in [0.25, 0.3) is 5.91 Å². The Morgan fingerprint density at radius 3 is 2.42 bits per heavy atom. The summed E-state index contributed by atoms with van der Waals surface area (Å²) >= 11 is 11.3. The van der Waals surface area contributed by atoms with Crippen molar-refractivity contribution in [2.24, 2.45) is 0 Å². The third-order valence-corrected chi connectivity index (χ3v) is 4.22. The highest BCUT2D eigenvalue weighted by Gasteiger charge is 2.14. The number of benzene rings is 2. The molecule has 0 unspecified atom stereocenters. The van der Waals surface area contributed by atoms with Crippen molar-refractivity contribution in [1.29, 1.82) is 0 Å². The molecular weight excluding hydrogens is 370 g/mol. The number of carbonyl (C=O) groups is 2. The van der Waals surface area contributed by atoms with Crippen molar-refractivity contribution in [1.82, 2.24) is 10.2 Å². The molecule has 5 nitrogen and oxygen atoms in total. The Hall–Kier alpha value is -2.44. The van der Waals surface area contributed by atoms with Gasteiger partial charge in [-0.05, 0) is 42.4 Å². The Bertz CT molecular complexity index is 824. The average Bonchev–Trinajstić information content (AvgIpc) is 2.60. The summed E-state index contributed by atoms with van der Waals surface area (Å²) in [5, 5.41) is 6.32. The molecule has 0 aliphatic carbocycles. The first kappa shape index (κ1) is 19.9. The molecule has 7 heteroatoms. The van der Waals surface area contributed by atoms with E-state index < -0.39 is 0 Å². The fourth-order valence-electron chi connectivity index (χ4n) is 2.31. The zero-order chi connectivity index (χ0) is 19.1. The van der Waals surface area contributed by atoms with Crippen molar-refractivity contribution in [2.45, 2.75) is 12.8 Å². The summed E-state index contributed by atoms with van der Waals surface area (Å²) < 4.78 is 0. The molecule has 2 N–H and O–H groups in total. The molecule has 2 aromatic rings. The number of amides is 2. The summed E-state index contributed by atoms with van der Waals surface area (Å²) in [6.07, 6.45) is 0.771. The van der Waals surface area contributed by atoms with Crippen LogP contribution in [0.4, 0.5) is 5.69 Å².